The molecule has 0 saturated heterocycles. The zero-order valence-electron chi connectivity index (χ0n) is 5.22. The van der Waals surface area contributed by atoms with Crippen LogP contribution in [0.5, 0.6) is 0 Å². The van der Waals surface area contributed by atoms with Crippen molar-refractivity contribution in [1.82, 2.24) is 0 Å². The van der Waals surface area contributed by atoms with Crippen molar-refractivity contribution in [3.8, 4) is 0 Å². The van der Waals surface area contributed by atoms with Crippen molar-refractivity contribution in [1.29, 1.82) is 0 Å². The van der Waals surface area contributed by atoms with E-state index >= 15 is 0 Å². The normalized spacial score (nSPS) is 17.5. The van der Waals surface area contributed by atoms with Crippen LogP contribution >= 0.6 is 0 Å². The third kappa shape index (κ3) is 2.07. The lowest BCUT2D eigenvalue weighted by Gasteiger charge is -2.08. The number of carbonyl (C=O) groups excluding carboxylic acids is 1. The lowest BCUT2D eigenvalue weighted by Crippen LogP contribution is -2.20. The second-order valence-corrected chi connectivity index (χ2v) is 2.00. The Kier molecular flexibility index (Phi) is 2.69. The van der Waals surface area contributed by atoms with E-state index in [4.69, 9.17) is 5.11 Å². The van der Waals surface area contributed by atoms with Gasteiger partial charge in [-0.3, -0.25) is 4.79 Å². The van der Waals surface area contributed by atoms with Crippen molar-refractivity contribution in [2.75, 3.05) is 0 Å². The van der Waals surface area contributed by atoms with E-state index in [0.29, 0.717) is 0 Å². The molecule has 0 amide bonds. The molecule has 2 unspecified atom stereocenters. The van der Waals surface area contributed by atoms with Gasteiger partial charge in [0.05, 0.1) is 6.10 Å². The zero-order valence-corrected chi connectivity index (χ0v) is 5.22. The van der Waals surface area contributed by atoms with Crippen LogP contribution in [0.3, 0.4) is 0 Å². The molecule has 47 valence electrons. The number of Topliss-reactive ketones (excluding diaryl/α,β-unsaturated/α-hetero) is 1. The Bertz CT molecular complexity index is 86.5. The average molecular weight is 115 g/mol. The monoisotopic (exact) mass is 115 g/mol. The molecule has 0 fully saturated rings. The minimum atomic E-state index is -0.569. The average Bonchev–Trinajstić information content (AvgIpc) is 1.64. The first kappa shape index (κ1) is 7.63. The third-order valence-corrected chi connectivity index (χ3v) is 1.23. The van der Waals surface area contributed by atoms with E-state index in [1.807, 2.05) is 0 Å². The van der Waals surface area contributed by atoms with Crippen LogP contribution < -0.4 is 0 Å². The Hall–Kier alpha value is -0.370. The van der Waals surface area contributed by atoms with Crippen molar-refractivity contribution in [3.05, 3.63) is 6.92 Å². The highest BCUT2D eigenvalue weighted by atomic mass is 16.3. The van der Waals surface area contributed by atoms with E-state index in [9.17, 15) is 4.79 Å². The molecule has 1 radical (unpaired) electrons. The fourth-order valence-electron chi connectivity index (χ4n) is 0.269. The van der Waals surface area contributed by atoms with E-state index in [1.165, 1.54) is 0 Å². The second-order valence-electron chi connectivity index (χ2n) is 2.00. The molecular formula is C6H11O2. The number of aliphatic hydroxyl groups excluding tert-OH is 1. The fourth-order valence-corrected chi connectivity index (χ4v) is 0.269. The molecule has 0 bridgehead atoms. The summed E-state index contributed by atoms with van der Waals surface area (Å²) in [6.07, 6.45) is -0.569. The SMILES string of the molecule is [CH2]C(=O)C(C)C(C)O. The minimum absolute atomic E-state index is 0.208. The van der Waals surface area contributed by atoms with Gasteiger partial charge >= 0.3 is 0 Å². The van der Waals surface area contributed by atoms with Gasteiger partial charge in [-0.2, -0.15) is 0 Å². The number of aliphatic hydroxyl groups is 1. The maximum atomic E-state index is 10.3. The van der Waals surface area contributed by atoms with Crippen LogP contribution in [0, 0.1) is 12.8 Å². The first-order chi connectivity index (χ1) is 3.55. The van der Waals surface area contributed by atoms with Gasteiger partial charge in [0.2, 0.25) is 0 Å². The van der Waals surface area contributed by atoms with Gasteiger partial charge in [-0.05, 0) is 6.92 Å². The van der Waals surface area contributed by atoms with Crippen LogP contribution in [0.1, 0.15) is 13.8 Å². The quantitative estimate of drug-likeness (QED) is 0.565. The Morgan fingerprint density at radius 3 is 2.00 bits per heavy atom. The number of hydrogen-bond donors (Lipinski definition) is 1. The molecule has 0 aliphatic carbocycles. The largest absolute Gasteiger partial charge is 0.393 e. The molecule has 0 rings (SSSR count). The lowest BCUT2D eigenvalue weighted by atomic mass is 10.0. The Balaban J connectivity index is 3.64. The van der Waals surface area contributed by atoms with Crippen molar-refractivity contribution in [3.63, 3.8) is 0 Å². The highest BCUT2D eigenvalue weighted by Gasteiger charge is 2.12. The third-order valence-electron chi connectivity index (χ3n) is 1.23. The molecule has 2 nitrogen and oxygen atoms in total. The van der Waals surface area contributed by atoms with Crippen LogP contribution in [0.2, 0.25) is 0 Å². The van der Waals surface area contributed by atoms with E-state index in [-0.39, 0.29) is 11.7 Å². The molecule has 1 N–H and O–H groups in total. The van der Waals surface area contributed by atoms with Crippen molar-refractivity contribution in [2.45, 2.75) is 20.0 Å². The summed E-state index contributed by atoms with van der Waals surface area (Å²) < 4.78 is 0. The molecule has 0 aliphatic heterocycles. The summed E-state index contributed by atoms with van der Waals surface area (Å²) in [7, 11) is 0. The first-order valence-corrected chi connectivity index (χ1v) is 2.59. The summed E-state index contributed by atoms with van der Waals surface area (Å²) >= 11 is 0. The first-order valence-electron chi connectivity index (χ1n) is 2.59. The summed E-state index contributed by atoms with van der Waals surface area (Å²) in [6, 6.07) is 0. The van der Waals surface area contributed by atoms with E-state index in [2.05, 4.69) is 6.92 Å². The van der Waals surface area contributed by atoms with Crippen molar-refractivity contribution >= 4 is 5.78 Å². The summed E-state index contributed by atoms with van der Waals surface area (Å²) in [6.45, 7) is 6.39. The lowest BCUT2D eigenvalue weighted by molar-refractivity contribution is -0.120. The molecular weight excluding hydrogens is 104 g/mol. The molecule has 0 heterocycles. The molecule has 0 aromatic heterocycles. The summed E-state index contributed by atoms with van der Waals surface area (Å²) in [4.78, 5) is 10.3. The molecule has 0 saturated carbocycles. The van der Waals surface area contributed by atoms with Gasteiger partial charge in [0.15, 0.2) is 0 Å². The van der Waals surface area contributed by atoms with Gasteiger partial charge in [-0.1, -0.05) is 6.92 Å². The van der Waals surface area contributed by atoms with Gasteiger partial charge in [-0.25, -0.2) is 0 Å². The van der Waals surface area contributed by atoms with Crippen molar-refractivity contribution < 1.29 is 9.90 Å². The van der Waals surface area contributed by atoms with E-state index < -0.39 is 6.10 Å². The van der Waals surface area contributed by atoms with Crippen LogP contribution in [0.25, 0.3) is 0 Å². The minimum Gasteiger partial charge on any atom is -0.393 e. The predicted octanol–water partition coefficient (Wildman–Crippen LogP) is 0.406. The molecule has 0 aliphatic rings. The summed E-state index contributed by atoms with van der Waals surface area (Å²) in [5.74, 6) is -0.532. The molecule has 2 atom stereocenters. The Labute approximate surface area is 49.5 Å². The van der Waals surface area contributed by atoms with Gasteiger partial charge in [0.1, 0.15) is 5.78 Å². The maximum Gasteiger partial charge on any atom is 0.138 e. The van der Waals surface area contributed by atoms with Crippen LogP contribution in [0.4, 0.5) is 0 Å². The van der Waals surface area contributed by atoms with Crippen LogP contribution in [-0.2, 0) is 4.79 Å². The highest BCUT2D eigenvalue weighted by Crippen LogP contribution is 2.01. The van der Waals surface area contributed by atoms with Gasteiger partial charge in [0, 0.05) is 12.8 Å². The second kappa shape index (κ2) is 2.82. The fraction of sp³-hybridized carbons (Fsp3) is 0.667. The predicted molar refractivity (Wildman–Crippen MR) is 31.2 cm³/mol. The number of carbonyl (C=O) groups is 1. The molecule has 0 aromatic rings. The van der Waals surface area contributed by atoms with Crippen LogP contribution in [0.15, 0.2) is 0 Å². The topological polar surface area (TPSA) is 37.3 Å². The number of rotatable bonds is 2. The van der Waals surface area contributed by atoms with E-state index in [1.54, 1.807) is 13.8 Å². The molecule has 0 aromatic carbocycles. The smallest absolute Gasteiger partial charge is 0.138 e. The summed E-state index contributed by atoms with van der Waals surface area (Å²) in [5, 5.41) is 8.73. The Morgan fingerprint density at radius 1 is 1.62 bits per heavy atom. The highest BCUT2D eigenvalue weighted by molar-refractivity contribution is 5.84. The van der Waals surface area contributed by atoms with E-state index in [0.717, 1.165) is 0 Å². The number of hydrogen-bond acceptors (Lipinski definition) is 2. The van der Waals surface area contributed by atoms with Gasteiger partial charge in [0.25, 0.3) is 0 Å². The summed E-state index contributed by atoms with van der Waals surface area (Å²) in [5.41, 5.74) is 0. The van der Waals surface area contributed by atoms with Crippen LogP contribution in [-0.4, -0.2) is 17.0 Å². The molecule has 0 spiro atoms. The van der Waals surface area contributed by atoms with Gasteiger partial charge < -0.3 is 5.11 Å². The van der Waals surface area contributed by atoms with Crippen molar-refractivity contribution in [2.24, 2.45) is 5.92 Å². The van der Waals surface area contributed by atoms with Gasteiger partial charge in [-0.15, -0.1) is 0 Å². The zero-order chi connectivity index (χ0) is 6.73. The maximum absolute atomic E-state index is 10.3. The molecule has 2 heteroatoms. The number of ketones is 1. The standard InChI is InChI=1S/C6H11O2/c1-4(5(2)7)6(3)8/h4,6,8H,2H2,1,3H3. The molecule has 8 heavy (non-hydrogen) atoms. The Morgan fingerprint density at radius 2 is 2.00 bits per heavy atom.